The summed E-state index contributed by atoms with van der Waals surface area (Å²) >= 11 is 5.63. The molecule has 100 valence electrons. The fourth-order valence-corrected chi connectivity index (χ4v) is 1.74. The molecular weight excluding hydrogens is 277 g/mol. The largest absolute Gasteiger partial charge is 0.416 e. The molecule has 0 aliphatic rings. The quantitative estimate of drug-likeness (QED) is 0.848. The molecule has 19 heavy (non-hydrogen) atoms. The average molecular weight is 287 g/mol. The summed E-state index contributed by atoms with van der Waals surface area (Å²) in [7, 11) is 0. The number of anilines is 1. The van der Waals surface area contributed by atoms with E-state index in [4.69, 9.17) is 11.6 Å². The number of rotatable bonds is 3. The highest BCUT2D eigenvalue weighted by Gasteiger charge is 2.32. The third-order valence-electron chi connectivity index (χ3n) is 2.53. The van der Waals surface area contributed by atoms with E-state index in [2.05, 4.69) is 10.3 Å². The van der Waals surface area contributed by atoms with E-state index in [-0.39, 0.29) is 12.1 Å². The Balaban J connectivity index is 2.14. The highest BCUT2D eigenvalue weighted by atomic mass is 35.5. The summed E-state index contributed by atoms with van der Waals surface area (Å²) in [5.41, 5.74) is 0.163. The number of alkyl halides is 3. The summed E-state index contributed by atoms with van der Waals surface area (Å²) in [6, 6.07) is 8.68. The first-order chi connectivity index (χ1) is 8.97. The van der Waals surface area contributed by atoms with Crippen molar-refractivity contribution in [2.45, 2.75) is 12.7 Å². The summed E-state index contributed by atoms with van der Waals surface area (Å²) in [4.78, 5) is 3.84. The summed E-state index contributed by atoms with van der Waals surface area (Å²) in [6.07, 6.45) is -2.88. The van der Waals surface area contributed by atoms with Gasteiger partial charge in [-0.25, -0.2) is 4.98 Å². The molecule has 1 heterocycles. The first-order valence-corrected chi connectivity index (χ1v) is 5.85. The molecule has 0 aliphatic carbocycles. The van der Waals surface area contributed by atoms with Crippen molar-refractivity contribution in [2.75, 3.05) is 5.32 Å². The van der Waals surface area contributed by atoms with Gasteiger partial charge in [0.05, 0.1) is 17.4 Å². The molecule has 1 aromatic heterocycles. The Morgan fingerprint density at radius 1 is 1.11 bits per heavy atom. The second kappa shape index (κ2) is 5.48. The Morgan fingerprint density at radius 2 is 1.84 bits per heavy atom. The van der Waals surface area contributed by atoms with Gasteiger partial charge in [0.25, 0.3) is 0 Å². The van der Waals surface area contributed by atoms with Gasteiger partial charge in [-0.15, -0.1) is 0 Å². The van der Waals surface area contributed by atoms with Crippen LogP contribution in [0.1, 0.15) is 11.1 Å². The molecule has 6 heteroatoms. The Labute approximate surface area is 113 Å². The molecule has 0 spiro atoms. The monoisotopic (exact) mass is 286 g/mol. The number of nitrogens with one attached hydrogen (secondary N) is 1. The van der Waals surface area contributed by atoms with Gasteiger partial charge < -0.3 is 5.32 Å². The van der Waals surface area contributed by atoms with Crippen LogP contribution < -0.4 is 5.32 Å². The maximum absolute atomic E-state index is 12.8. The molecule has 0 fully saturated rings. The first-order valence-electron chi connectivity index (χ1n) is 5.47. The predicted molar refractivity (Wildman–Crippen MR) is 68.0 cm³/mol. The fraction of sp³-hybridized carbons (Fsp3) is 0.154. The normalized spacial score (nSPS) is 11.4. The summed E-state index contributed by atoms with van der Waals surface area (Å²) in [5, 5.41) is 3.21. The number of hydrogen-bond acceptors (Lipinski definition) is 2. The SMILES string of the molecule is FC(F)(F)c1ccccc1CNc1ccc(Cl)nc1. The van der Waals surface area contributed by atoms with Crippen LogP contribution in [0.3, 0.4) is 0 Å². The molecule has 0 radical (unpaired) electrons. The molecule has 2 aromatic rings. The minimum absolute atomic E-state index is 0.0684. The van der Waals surface area contributed by atoms with Gasteiger partial charge in [-0.05, 0) is 23.8 Å². The van der Waals surface area contributed by atoms with Crippen LogP contribution in [0.4, 0.5) is 18.9 Å². The highest BCUT2D eigenvalue weighted by Crippen LogP contribution is 2.32. The van der Waals surface area contributed by atoms with E-state index in [1.807, 2.05) is 0 Å². The minimum Gasteiger partial charge on any atom is -0.380 e. The van der Waals surface area contributed by atoms with Gasteiger partial charge in [0.15, 0.2) is 0 Å². The van der Waals surface area contributed by atoms with E-state index in [0.717, 1.165) is 6.07 Å². The maximum Gasteiger partial charge on any atom is 0.416 e. The average Bonchev–Trinajstić information content (AvgIpc) is 2.37. The molecule has 2 nitrogen and oxygen atoms in total. The van der Waals surface area contributed by atoms with Gasteiger partial charge in [0.2, 0.25) is 0 Å². The van der Waals surface area contributed by atoms with Crippen molar-refractivity contribution in [1.29, 1.82) is 0 Å². The lowest BCUT2D eigenvalue weighted by Gasteiger charge is -2.13. The highest BCUT2D eigenvalue weighted by molar-refractivity contribution is 6.29. The van der Waals surface area contributed by atoms with Crippen molar-refractivity contribution in [3.63, 3.8) is 0 Å². The molecule has 2 rings (SSSR count). The number of benzene rings is 1. The van der Waals surface area contributed by atoms with Gasteiger partial charge in [0, 0.05) is 6.54 Å². The molecule has 0 saturated carbocycles. The van der Waals surface area contributed by atoms with E-state index in [9.17, 15) is 13.2 Å². The van der Waals surface area contributed by atoms with E-state index in [0.29, 0.717) is 10.8 Å². The molecule has 0 saturated heterocycles. The van der Waals surface area contributed by atoms with Crippen molar-refractivity contribution < 1.29 is 13.2 Å². The van der Waals surface area contributed by atoms with Crippen LogP contribution in [0.5, 0.6) is 0 Å². The summed E-state index contributed by atoms with van der Waals surface area (Å²) in [6.45, 7) is 0.0684. The molecular formula is C13H10ClF3N2. The lowest BCUT2D eigenvalue weighted by atomic mass is 10.1. The predicted octanol–water partition coefficient (Wildman–Crippen LogP) is 4.37. The van der Waals surface area contributed by atoms with Crippen molar-refractivity contribution in [3.05, 3.63) is 58.9 Å². The summed E-state index contributed by atoms with van der Waals surface area (Å²) in [5.74, 6) is 0. The smallest absolute Gasteiger partial charge is 0.380 e. The third-order valence-corrected chi connectivity index (χ3v) is 2.76. The maximum atomic E-state index is 12.8. The number of aromatic nitrogens is 1. The number of halogens is 4. The van der Waals surface area contributed by atoms with Crippen molar-refractivity contribution in [2.24, 2.45) is 0 Å². The Hall–Kier alpha value is -1.75. The van der Waals surface area contributed by atoms with Crippen LogP contribution in [0.2, 0.25) is 5.15 Å². The Bertz CT molecular complexity index is 553. The topological polar surface area (TPSA) is 24.9 Å². The van der Waals surface area contributed by atoms with Crippen LogP contribution in [0.25, 0.3) is 0 Å². The van der Waals surface area contributed by atoms with Crippen LogP contribution in [0.15, 0.2) is 42.6 Å². The fourth-order valence-electron chi connectivity index (χ4n) is 1.63. The molecule has 0 unspecified atom stereocenters. The first kappa shape index (κ1) is 13.7. The van der Waals surface area contributed by atoms with Crippen molar-refractivity contribution >= 4 is 17.3 Å². The number of pyridine rings is 1. The zero-order valence-electron chi connectivity index (χ0n) is 9.71. The second-order valence-corrected chi connectivity index (χ2v) is 4.27. The molecule has 0 aliphatic heterocycles. The zero-order valence-corrected chi connectivity index (χ0v) is 10.5. The van der Waals surface area contributed by atoms with E-state index >= 15 is 0 Å². The molecule has 1 N–H and O–H groups in total. The molecule has 0 atom stereocenters. The third kappa shape index (κ3) is 3.61. The zero-order chi connectivity index (χ0) is 13.9. The Morgan fingerprint density at radius 3 is 2.47 bits per heavy atom. The Kier molecular flexibility index (Phi) is 3.95. The van der Waals surface area contributed by atoms with E-state index in [1.54, 1.807) is 18.2 Å². The van der Waals surface area contributed by atoms with Crippen LogP contribution in [0, 0.1) is 0 Å². The van der Waals surface area contributed by atoms with Gasteiger partial charge in [-0.2, -0.15) is 13.2 Å². The van der Waals surface area contributed by atoms with Gasteiger partial charge >= 0.3 is 6.18 Å². The number of nitrogens with zero attached hydrogens (tertiary/aromatic N) is 1. The standard InChI is InChI=1S/C13H10ClF3N2/c14-12-6-5-10(8-19-12)18-7-9-3-1-2-4-11(9)13(15,16)17/h1-6,8,18H,7H2. The van der Waals surface area contributed by atoms with Crippen LogP contribution in [-0.4, -0.2) is 4.98 Å². The molecule has 0 amide bonds. The van der Waals surface area contributed by atoms with Gasteiger partial charge in [-0.1, -0.05) is 29.8 Å². The van der Waals surface area contributed by atoms with Gasteiger partial charge in [0.1, 0.15) is 5.15 Å². The van der Waals surface area contributed by atoms with Crippen LogP contribution >= 0.6 is 11.6 Å². The molecule has 1 aromatic carbocycles. The minimum atomic E-state index is -4.35. The van der Waals surface area contributed by atoms with E-state index < -0.39 is 11.7 Å². The lowest BCUT2D eigenvalue weighted by Crippen LogP contribution is -2.11. The van der Waals surface area contributed by atoms with Crippen molar-refractivity contribution in [1.82, 2.24) is 4.98 Å². The van der Waals surface area contributed by atoms with Gasteiger partial charge in [-0.3, -0.25) is 0 Å². The van der Waals surface area contributed by atoms with E-state index in [1.165, 1.54) is 18.3 Å². The molecule has 0 bridgehead atoms. The second-order valence-electron chi connectivity index (χ2n) is 3.88. The number of hydrogen-bond donors (Lipinski definition) is 1. The van der Waals surface area contributed by atoms with Crippen LogP contribution in [-0.2, 0) is 12.7 Å². The van der Waals surface area contributed by atoms with Crippen molar-refractivity contribution in [3.8, 4) is 0 Å². The summed E-state index contributed by atoms with van der Waals surface area (Å²) < 4.78 is 38.3. The lowest BCUT2D eigenvalue weighted by molar-refractivity contribution is -0.138.